The fourth-order valence-corrected chi connectivity index (χ4v) is 4.08. The van der Waals surface area contributed by atoms with E-state index in [-0.39, 0.29) is 24.1 Å². The molecular weight excluding hydrogens is 402 g/mol. The Balaban J connectivity index is 1.88. The van der Waals surface area contributed by atoms with Gasteiger partial charge >= 0.3 is 5.97 Å². The molecule has 0 bridgehead atoms. The number of carbonyl (C=O) groups is 1. The third-order valence-electron chi connectivity index (χ3n) is 5.96. The summed E-state index contributed by atoms with van der Waals surface area (Å²) < 4.78 is 13.1. The fourth-order valence-electron chi connectivity index (χ4n) is 4.08. The van der Waals surface area contributed by atoms with Crippen LogP contribution in [0.15, 0.2) is 30.3 Å². The molecule has 32 heavy (non-hydrogen) atoms. The Hall–Kier alpha value is -3.07. The van der Waals surface area contributed by atoms with Crippen LogP contribution in [0.2, 0.25) is 0 Å². The van der Waals surface area contributed by atoms with Crippen LogP contribution in [-0.4, -0.2) is 22.5 Å². The molecule has 170 valence electrons. The van der Waals surface area contributed by atoms with Crippen molar-refractivity contribution >= 4 is 17.3 Å². The van der Waals surface area contributed by atoms with Crippen LogP contribution in [0.1, 0.15) is 75.4 Å². The minimum Gasteiger partial charge on any atom is -0.454 e. The number of aromatic nitrogens is 2. The standard InChI is InChI=1S/C26H33N3O3/c1-18-15-23(29(5)28-18)24(31-17-32-25(30)20-9-7-6-8-10-20)22(16-27)19-11-13-21(14-12-19)26(2,3)4/h11-15,20H,6-10,17H2,1-5H3/b24-22-. The predicted molar refractivity (Wildman–Crippen MR) is 124 cm³/mol. The average Bonchev–Trinajstić information content (AvgIpc) is 3.11. The molecule has 0 atom stereocenters. The van der Waals surface area contributed by atoms with Crippen LogP contribution in [0.3, 0.4) is 0 Å². The van der Waals surface area contributed by atoms with Gasteiger partial charge in [-0.15, -0.1) is 0 Å². The number of hydrogen-bond donors (Lipinski definition) is 0. The molecule has 1 aromatic carbocycles. The summed E-state index contributed by atoms with van der Waals surface area (Å²) >= 11 is 0. The normalized spacial score (nSPS) is 15.6. The van der Waals surface area contributed by atoms with Gasteiger partial charge in [0.15, 0.2) is 5.76 Å². The van der Waals surface area contributed by atoms with Gasteiger partial charge in [-0.3, -0.25) is 9.48 Å². The van der Waals surface area contributed by atoms with E-state index in [1.54, 1.807) is 11.7 Å². The quantitative estimate of drug-likeness (QED) is 0.259. The minimum atomic E-state index is -0.236. The summed E-state index contributed by atoms with van der Waals surface area (Å²) in [6.45, 7) is 8.10. The second-order valence-corrected chi connectivity index (χ2v) is 9.50. The molecule has 0 radical (unpaired) electrons. The highest BCUT2D eigenvalue weighted by molar-refractivity contribution is 5.94. The summed E-state index contributed by atoms with van der Waals surface area (Å²) in [6, 6.07) is 12.1. The highest BCUT2D eigenvalue weighted by atomic mass is 16.7. The molecular formula is C26H33N3O3. The topological polar surface area (TPSA) is 77.1 Å². The van der Waals surface area contributed by atoms with Crippen molar-refractivity contribution in [1.29, 1.82) is 5.26 Å². The molecule has 3 rings (SSSR count). The van der Waals surface area contributed by atoms with Gasteiger partial charge in [0, 0.05) is 7.05 Å². The van der Waals surface area contributed by atoms with Gasteiger partial charge in [-0.2, -0.15) is 10.4 Å². The van der Waals surface area contributed by atoms with E-state index >= 15 is 0 Å². The van der Waals surface area contributed by atoms with Crippen molar-refractivity contribution in [2.24, 2.45) is 13.0 Å². The van der Waals surface area contributed by atoms with Gasteiger partial charge in [-0.05, 0) is 42.4 Å². The number of rotatable bonds is 6. The number of carbonyl (C=O) groups excluding carboxylic acids is 1. The van der Waals surface area contributed by atoms with E-state index in [9.17, 15) is 10.1 Å². The number of aryl methyl sites for hydroxylation is 2. The number of nitriles is 1. The zero-order valence-corrected chi connectivity index (χ0v) is 19.8. The maximum atomic E-state index is 12.4. The van der Waals surface area contributed by atoms with E-state index in [0.717, 1.165) is 36.9 Å². The lowest BCUT2D eigenvalue weighted by molar-refractivity contribution is -0.157. The summed E-state index contributed by atoms with van der Waals surface area (Å²) in [5, 5.41) is 14.4. The molecule has 1 aliphatic rings. The molecule has 6 nitrogen and oxygen atoms in total. The lowest BCUT2D eigenvalue weighted by atomic mass is 9.86. The van der Waals surface area contributed by atoms with E-state index in [1.165, 1.54) is 12.0 Å². The Labute approximate surface area is 190 Å². The van der Waals surface area contributed by atoms with E-state index in [1.807, 2.05) is 37.3 Å². The number of ether oxygens (including phenoxy) is 2. The number of benzene rings is 1. The van der Waals surface area contributed by atoms with Crippen LogP contribution >= 0.6 is 0 Å². The largest absolute Gasteiger partial charge is 0.454 e. The van der Waals surface area contributed by atoms with Crippen molar-refractivity contribution in [3.8, 4) is 6.07 Å². The first-order valence-corrected chi connectivity index (χ1v) is 11.3. The van der Waals surface area contributed by atoms with Gasteiger partial charge in [0.05, 0.1) is 11.6 Å². The maximum absolute atomic E-state index is 12.4. The van der Waals surface area contributed by atoms with Crippen molar-refractivity contribution in [3.05, 3.63) is 52.8 Å². The van der Waals surface area contributed by atoms with Crippen LogP contribution in [0.5, 0.6) is 0 Å². The average molecular weight is 436 g/mol. The second-order valence-electron chi connectivity index (χ2n) is 9.50. The first-order valence-electron chi connectivity index (χ1n) is 11.3. The van der Waals surface area contributed by atoms with Gasteiger partial charge < -0.3 is 9.47 Å². The smallest absolute Gasteiger partial charge is 0.311 e. The van der Waals surface area contributed by atoms with E-state index in [4.69, 9.17) is 9.47 Å². The maximum Gasteiger partial charge on any atom is 0.311 e. The number of hydrogen-bond acceptors (Lipinski definition) is 5. The summed E-state index contributed by atoms with van der Waals surface area (Å²) in [6.07, 6.45) is 5.02. The molecule has 0 aliphatic heterocycles. The lowest BCUT2D eigenvalue weighted by Crippen LogP contribution is -2.21. The molecule has 1 aliphatic carbocycles. The monoisotopic (exact) mass is 435 g/mol. The number of nitrogens with zero attached hydrogens (tertiary/aromatic N) is 3. The Morgan fingerprint density at radius 3 is 2.34 bits per heavy atom. The number of allylic oxidation sites excluding steroid dienone is 1. The molecule has 2 aromatic rings. The Morgan fingerprint density at radius 2 is 1.81 bits per heavy atom. The Morgan fingerprint density at radius 1 is 1.16 bits per heavy atom. The Bertz CT molecular complexity index is 1010. The van der Waals surface area contributed by atoms with Gasteiger partial charge in [-0.25, -0.2) is 0 Å². The van der Waals surface area contributed by atoms with Gasteiger partial charge in [0.1, 0.15) is 17.3 Å². The fraction of sp³-hybridized carbons (Fsp3) is 0.500. The first kappa shape index (κ1) is 23.6. The van der Waals surface area contributed by atoms with Crippen molar-refractivity contribution in [2.75, 3.05) is 6.79 Å². The third kappa shape index (κ3) is 5.59. The molecule has 0 spiro atoms. The molecule has 0 amide bonds. The van der Waals surface area contributed by atoms with E-state index in [2.05, 4.69) is 31.9 Å². The van der Waals surface area contributed by atoms with Crippen LogP contribution < -0.4 is 0 Å². The molecule has 0 unspecified atom stereocenters. The first-order chi connectivity index (χ1) is 15.2. The van der Waals surface area contributed by atoms with Crippen LogP contribution in [0.25, 0.3) is 11.3 Å². The third-order valence-corrected chi connectivity index (χ3v) is 5.96. The highest BCUT2D eigenvalue weighted by Gasteiger charge is 2.24. The van der Waals surface area contributed by atoms with Gasteiger partial charge in [-0.1, -0.05) is 64.3 Å². The van der Waals surface area contributed by atoms with Crippen molar-refractivity contribution in [3.63, 3.8) is 0 Å². The highest BCUT2D eigenvalue weighted by Crippen LogP contribution is 2.30. The zero-order chi connectivity index (χ0) is 23.3. The van der Waals surface area contributed by atoms with Crippen LogP contribution in [0, 0.1) is 24.2 Å². The molecule has 1 aromatic heterocycles. The molecule has 0 N–H and O–H groups in total. The van der Waals surface area contributed by atoms with Crippen molar-refractivity contribution in [1.82, 2.24) is 9.78 Å². The van der Waals surface area contributed by atoms with E-state index < -0.39 is 0 Å². The molecule has 1 heterocycles. The van der Waals surface area contributed by atoms with E-state index in [0.29, 0.717) is 17.0 Å². The van der Waals surface area contributed by atoms with Gasteiger partial charge in [0.25, 0.3) is 0 Å². The minimum absolute atomic E-state index is 0.0147. The summed E-state index contributed by atoms with van der Waals surface area (Å²) in [4.78, 5) is 12.4. The summed E-state index contributed by atoms with van der Waals surface area (Å²) in [7, 11) is 1.80. The SMILES string of the molecule is Cc1cc(/C(OCOC(=O)C2CCCCC2)=C(\C#N)c2ccc(C(C)(C)C)cc2)n(C)n1. The summed E-state index contributed by atoms with van der Waals surface area (Å²) in [5.41, 5.74) is 3.78. The molecule has 6 heteroatoms. The van der Waals surface area contributed by atoms with Gasteiger partial charge in [0.2, 0.25) is 6.79 Å². The molecule has 1 saturated carbocycles. The van der Waals surface area contributed by atoms with Crippen molar-refractivity contribution in [2.45, 2.75) is 65.2 Å². The Kier molecular flexibility index (Phi) is 7.40. The second kappa shape index (κ2) is 10.0. The zero-order valence-electron chi connectivity index (χ0n) is 19.8. The molecule has 1 fully saturated rings. The van der Waals surface area contributed by atoms with Crippen LogP contribution in [-0.2, 0) is 26.7 Å². The number of esters is 1. The van der Waals surface area contributed by atoms with Crippen molar-refractivity contribution < 1.29 is 14.3 Å². The predicted octanol–water partition coefficient (Wildman–Crippen LogP) is 5.52. The lowest BCUT2D eigenvalue weighted by Gasteiger charge is -2.21. The summed E-state index contributed by atoms with van der Waals surface area (Å²) in [5.74, 6) is 0.0768. The molecule has 0 saturated heterocycles. The van der Waals surface area contributed by atoms with Crippen LogP contribution in [0.4, 0.5) is 0 Å².